The van der Waals surface area contributed by atoms with Crippen molar-refractivity contribution < 1.29 is 4.79 Å². The van der Waals surface area contributed by atoms with Crippen molar-refractivity contribution in [2.24, 2.45) is 0 Å². The molecule has 3 heterocycles. The van der Waals surface area contributed by atoms with Crippen LogP contribution in [0.2, 0.25) is 0 Å². The van der Waals surface area contributed by atoms with Crippen LogP contribution in [0.3, 0.4) is 0 Å². The molecular formula is C22H18N4O2S. The van der Waals surface area contributed by atoms with Gasteiger partial charge in [0.25, 0.3) is 5.56 Å². The molecule has 4 rings (SSSR count). The highest BCUT2D eigenvalue weighted by atomic mass is 32.1. The van der Waals surface area contributed by atoms with E-state index in [9.17, 15) is 9.59 Å². The van der Waals surface area contributed by atoms with Crippen LogP contribution in [0.15, 0.2) is 77.0 Å². The lowest BCUT2D eigenvalue weighted by Crippen LogP contribution is -2.28. The molecule has 0 aliphatic heterocycles. The maximum absolute atomic E-state index is 12.8. The molecule has 4 aromatic rings. The van der Waals surface area contributed by atoms with E-state index in [1.807, 2.05) is 53.9 Å². The van der Waals surface area contributed by atoms with E-state index in [-0.39, 0.29) is 24.6 Å². The third-order valence-corrected chi connectivity index (χ3v) is 5.19. The topological polar surface area (TPSA) is 76.9 Å². The lowest BCUT2D eigenvalue weighted by atomic mass is 10.1. The number of pyridine rings is 1. The Morgan fingerprint density at radius 1 is 1.07 bits per heavy atom. The van der Waals surface area contributed by atoms with Crippen LogP contribution < -0.4 is 10.9 Å². The van der Waals surface area contributed by atoms with Crippen molar-refractivity contribution in [2.45, 2.75) is 13.1 Å². The Labute approximate surface area is 171 Å². The zero-order valence-electron chi connectivity index (χ0n) is 15.5. The molecule has 0 fully saturated rings. The number of nitrogens with one attached hydrogen (secondary N) is 1. The van der Waals surface area contributed by atoms with Crippen molar-refractivity contribution in [1.82, 2.24) is 20.1 Å². The zero-order chi connectivity index (χ0) is 20.1. The molecule has 29 heavy (non-hydrogen) atoms. The van der Waals surface area contributed by atoms with Crippen molar-refractivity contribution in [1.29, 1.82) is 0 Å². The van der Waals surface area contributed by atoms with Gasteiger partial charge in [-0.15, -0.1) is 11.3 Å². The molecule has 1 amide bonds. The summed E-state index contributed by atoms with van der Waals surface area (Å²) in [6.07, 6.45) is 4.95. The van der Waals surface area contributed by atoms with Crippen molar-refractivity contribution in [3.8, 4) is 0 Å². The molecule has 3 aromatic heterocycles. The predicted molar refractivity (Wildman–Crippen MR) is 115 cm³/mol. The quantitative estimate of drug-likeness (QED) is 0.503. The normalized spacial score (nSPS) is 11.2. The molecule has 0 saturated carbocycles. The molecule has 0 aliphatic rings. The minimum Gasteiger partial charge on any atom is -0.347 e. The average molecular weight is 402 g/mol. The van der Waals surface area contributed by atoms with Gasteiger partial charge < -0.3 is 5.32 Å². The summed E-state index contributed by atoms with van der Waals surface area (Å²) >= 11 is 1.56. The van der Waals surface area contributed by atoms with E-state index in [0.717, 1.165) is 16.0 Å². The standard InChI is InChI=1S/C22H18N4O2S/c27-21(11-10-17-7-5-13-29-17)24-14-20-18-8-1-2-9-19(18)22(28)26(25-20)15-16-6-3-4-12-23-16/h1-13H,14-15H2,(H,24,27)/b11-10+. The van der Waals surface area contributed by atoms with Gasteiger partial charge in [-0.2, -0.15) is 5.10 Å². The van der Waals surface area contributed by atoms with E-state index < -0.39 is 0 Å². The number of amides is 1. The van der Waals surface area contributed by atoms with Crippen molar-refractivity contribution in [2.75, 3.05) is 0 Å². The van der Waals surface area contributed by atoms with E-state index in [1.54, 1.807) is 29.7 Å². The third kappa shape index (κ3) is 4.47. The second-order valence-corrected chi connectivity index (χ2v) is 7.32. The lowest BCUT2D eigenvalue weighted by Gasteiger charge is -2.11. The van der Waals surface area contributed by atoms with Crippen molar-refractivity contribution in [3.63, 3.8) is 0 Å². The van der Waals surface area contributed by atoms with E-state index in [2.05, 4.69) is 15.4 Å². The molecule has 144 valence electrons. The molecule has 1 N–H and O–H groups in total. The summed E-state index contributed by atoms with van der Waals surface area (Å²) in [5, 5.41) is 10.6. The summed E-state index contributed by atoms with van der Waals surface area (Å²) in [6.45, 7) is 0.486. The Morgan fingerprint density at radius 2 is 1.90 bits per heavy atom. The van der Waals surface area contributed by atoms with Crippen LogP contribution in [0.4, 0.5) is 0 Å². The van der Waals surface area contributed by atoms with Crippen molar-refractivity contribution in [3.05, 3.63) is 98.9 Å². The molecule has 7 heteroatoms. The number of carbonyl (C=O) groups is 1. The highest BCUT2D eigenvalue weighted by molar-refractivity contribution is 7.10. The summed E-state index contributed by atoms with van der Waals surface area (Å²) in [5.74, 6) is -0.216. The summed E-state index contributed by atoms with van der Waals surface area (Å²) in [4.78, 5) is 30.3. The lowest BCUT2D eigenvalue weighted by molar-refractivity contribution is -0.116. The van der Waals surface area contributed by atoms with Gasteiger partial charge in [0.1, 0.15) is 0 Å². The molecule has 0 atom stereocenters. The summed E-state index contributed by atoms with van der Waals surface area (Å²) in [7, 11) is 0. The second-order valence-electron chi connectivity index (χ2n) is 6.34. The van der Waals surface area contributed by atoms with Gasteiger partial charge >= 0.3 is 0 Å². The number of rotatable bonds is 6. The Bertz CT molecular complexity index is 1210. The van der Waals surface area contributed by atoms with Gasteiger partial charge in [0.2, 0.25) is 5.91 Å². The van der Waals surface area contributed by atoms with E-state index in [0.29, 0.717) is 11.1 Å². The predicted octanol–water partition coefficient (Wildman–Crippen LogP) is 3.23. The molecule has 0 aliphatic carbocycles. The highest BCUT2D eigenvalue weighted by Gasteiger charge is 2.11. The Kier molecular flexibility index (Phi) is 5.58. The van der Waals surface area contributed by atoms with Crippen LogP contribution in [-0.2, 0) is 17.9 Å². The van der Waals surface area contributed by atoms with Gasteiger partial charge in [-0.1, -0.05) is 30.3 Å². The summed E-state index contributed by atoms with van der Waals surface area (Å²) in [6, 6.07) is 16.7. The van der Waals surface area contributed by atoms with Crippen LogP contribution in [0.25, 0.3) is 16.8 Å². The van der Waals surface area contributed by atoms with Crippen LogP contribution in [-0.4, -0.2) is 20.7 Å². The van der Waals surface area contributed by atoms with Gasteiger partial charge in [0.05, 0.1) is 29.9 Å². The number of nitrogens with zero attached hydrogens (tertiary/aromatic N) is 3. The Hall–Kier alpha value is -3.58. The highest BCUT2D eigenvalue weighted by Crippen LogP contribution is 2.14. The molecule has 0 bridgehead atoms. The number of hydrogen-bond acceptors (Lipinski definition) is 5. The van der Waals surface area contributed by atoms with Crippen molar-refractivity contribution >= 4 is 34.1 Å². The van der Waals surface area contributed by atoms with Gasteiger partial charge in [-0.25, -0.2) is 4.68 Å². The largest absolute Gasteiger partial charge is 0.347 e. The van der Waals surface area contributed by atoms with Crippen LogP contribution >= 0.6 is 11.3 Å². The fourth-order valence-corrected chi connectivity index (χ4v) is 3.58. The summed E-state index contributed by atoms with van der Waals surface area (Å²) < 4.78 is 1.40. The molecule has 1 aromatic carbocycles. The number of benzene rings is 1. The summed E-state index contributed by atoms with van der Waals surface area (Å²) in [5.41, 5.74) is 1.19. The van der Waals surface area contributed by atoms with Crippen LogP contribution in [0.5, 0.6) is 0 Å². The van der Waals surface area contributed by atoms with E-state index >= 15 is 0 Å². The number of thiophene rings is 1. The first-order chi connectivity index (χ1) is 14.2. The maximum Gasteiger partial charge on any atom is 0.275 e. The molecule has 6 nitrogen and oxygen atoms in total. The van der Waals surface area contributed by atoms with E-state index in [4.69, 9.17) is 0 Å². The first kappa shape index (κ1) is 18.8. The smallest absolute Gasteiger partial charge is 0.275 e. The van der Waals surface area contributed by atoms with Crippen LogP contribution in [0, 0.1) is 0 Å². The Balaban J connectivity index is 1.60. The van der Waals surface area contributed by atoms with Gasteiger partial charge in [0, 0.05) is 22.5 Å². The molecule has 0 unspecified atom stereocenters. The molecular weight excluding hydrogens is 384 g/mol. The van der Waals surface area contributed by atoms with Crippen LogP contribution in [0.1, 0.15) is 16.3 Å². The minimum atomic E-state index is -0.216. The number of fused-ring (bicyclic) bond motifs is 1. The van der Waals surface area contributed by atoms with E-state index in [1.165, 1.54) is 10.8 Å². The van der Waals surface area contributed by atoms with Gasteiger partial charge in [-0.05, 0) is 35.7 Å². The molecule has 0 radical (unpaired) electrons. The fourth-order valence-electron chi connectivity index (χ4n) is 2.96. The fraction of sp³-hybridized carbons (Fsp3) is 0.0909. The second kappa shape index (κ2) is 8.62. The average Bonchev–Trinajstić information content (AvgIpc) is 3.28. The van der Waals surface area contributed by atoms with Gasteiger partial charge in [-0.3, -0.25) is 14.6 Å². The molecule has 0 saturated heterocycles. The first-order valence-corrected chi connectivity index (χ1v) is 9.97. The number of carbonyl (C=O) groups excluding carboxylic acids is 1. The SMILES string of the molecule is O=C(/C=C/c1cccs1)NCc1nn(Cc2ccccn2)c(=O)c2ccccc12. The number of aromatic nitrogens is 3. The first-order valence-electron chi connectivity index (χ1n) is 9.09. The zero-order valence-corrected chi connectivity index (χ0v) is 16.3. The minimum absolute atomic E-state index is 0.182. The molecule has 0 spiro atoms. The number of hydrogen-bond donors (Lipinski definition) is 1. The Morgan fingerprint density at radius 3 is 2.66 bits per heavy atom. The third-order valence-electron chi connectivity index (χ3n) is 4.35. The monoisotopic (exact) mass is 402 g/mol. The van der Waals surface area contributed by atoms with Gasteiger partial charge in [0.15, 0.2) is 0 Å². The maximum atomic E-state index is 12.8.